The molecule has 0 radical (unpaired) electrons. The van der Waals surface area contributed by atoms with E-state index in [1.807, 2.05) is 19.2 Å². The van der Waals surface area contributed by atoms with Crippen LogP contribution >= 0.6 is 18.5 Å². The van der Waals surface area contributed by atoms with Gasteiger partial charge < -0.3 is 14.7 Å². The van der Waals surface area contributed by atoms with E-state index in [-0.39, 0.29) is 0 Å². The molecule has 0 unspecified atom stereocenters. The van der Waals surface area contributed by atoms with E-state index in [0.29, 0.717) is 28.9 Å². The molecule has 6 heteroatoms. The molecule has 0 aliphatic carbocycles. The van der Waals surface area contributed by atoms with Gasteiger partial charge >= 0.3 is 0 Å². The van der Waals surface area contributed by atoms with Crippen LogP contribution in [0.5, 0.6) is 0 Å². The molecule has 2 heterocycles. The molecule has 0 spiro atoms. The largest absolute Gasteiger partial charge is 0.462 e. The zero-order chi connectivity index (χ0) is 12.5. The first-order chi connectivity index (χ1) is 8.10. The van der Waals surface area contributed by atoms with Crippen LogP contribution in [0.4, 0.5) is 5.13 Å². The van der Waals surface area contributed by atoms with Gasteiger partial charge in [-0.2, -0.15) is 0 Å². The molecule has 0 aromatic carbocycles. The molecule has 0 saturated carbocycles. The lowest BCUT2D eigenvalue weighted by Crippen LogP contribution is -2.09. The van der Waals surface area contributed by atoms with Crippen molar-refractivity contribution in [2.75, 3.05) is 18.1 Å². The van der Waals surface area contributed by atoms with E-state index in [1.54, 1.807) is 12.3 Å². The number of aromatic nitrogens is 1. The molecule has 0 saturated heterocycles. The van der Waals surface area contributed by atoms with Crippen molar-refractivity contribution in [3.63, 3.8) is 0 Å². The van der Waals surface area contributed by atoms with E-state index in [0.717, 1.165) is 5.30 Å². The van der Waals surface area contributed by atoms with Crippen molar-refractivity contribution >= 4 is 28.9 Å². The molecule has 2 aromatic heterocycles. The summed E-state index contributed by atoms with van der Waals surface area (Å²) in [5.74, 6) is 0.602. The van der Waals surface area contributed by atoms with Crippen molar-refractivity contribution < 1.29 is 8.98 Å². The zero-order valence-electron chi connectivity index (χ0n) is 9.84. The molecule has 0 bridgehead atoms. The number of nitrogen functional groups attached to an aromatic ring is 1. The predicted molar refractivity (Wildman–Crippen MR) is 72.6 cm³/mol. The van der Waals surface area contributed by atoms with Crippen LogP contribution in [0.3, 0.4) is 0 Å². The third-order valence-corrected chi connectivity index (χ3v) is 6.81. The van der Waals surface area contributed by atoms with E-state index in [2.05, 4.69) is 4.98 Å². The van der Waals surface area contributed by atoms with Crippen molar-refractivity contribution in [1.29, 1.82) is 0 Å². The molecule has 2 rings (SSSR count). The Hall–Kier alpha value is -1.06. The van der Waals surface area contributed by atoms with Crippen molar-refractivity contribution in [2.24, 2.45) is 0 Å². The van der Waals surface area contributed by atoms with Gasteiger partial charge in [-0.15, -0.1) is 11.3 Å². The minimum absolute atomic E-state index is 0.491. The third kappa shape index (κ3) is 2.17. The van der Waals surface area contributed by atoms with Crippen LogP contribution in [-0.2, 0) is 4.57 Å². The van der Waals surface area contributed by atoms with Crippen LogP contribution in [-0.4, -0.2) is 17.3 Å². The average Bonchev–Trinajstić information content (AvgIpc) is 2.96. The van der Waals surface area contributed by atoms with Gasteiger partial charge in [0.15, 0.2) is 10.9 Å². The van der Waals surface area contributed by atoms with E-state index in [9.17, 15) is 4.57 Å². The summed E-state index contributed by atoms with van der Waals surface area (Å²) < 4.78 is 18.1. The highest BCUT2D eigenvalue weighted by atomic mass is 32.1. The lowest BCUT2D eigenvalue weighted by Gasteiger charge is -2.13. The number of anilines is 1. The Balaban J connectivity index is 2.52. The van der Waals surface area contributed by atoms with Crippen molar-refractivity contribution in [3.8, 4) is 11.5 Å². The molecule has 0 aliphatic rings. The van der Waals surface area contributed by atoms with Gasteiger partial charge in [0, 0.05) is 17.7 Å². The van der Waals surface area contributed by atoms with Crippen molar-refractivity contribution in [2.45, 2.75) is 13.8 Å². The lowest BCUT2D eigenvalue weighted by molar-refractivity contribution is 0.576. The van der Waals surface area contributed by atoms with E-state index < -0.39 is 7.14 Å². The molecular formula is C11H15N2O2PS. The fraction of sp³-hybridized carbons (Fsp3) is 0.364. The first-order valence-electron chi connectivity index (χ1n) is 5.48. The normalized spacial score (nSPS) is 11.9. The van der Waals surface area contributed by atoms with E-state index in [1.165, 1.54) is 11.3 Å². The smallest absolute Gasteiger partial charge is 0.180 e. The summed E-state index contributed by atoms with van der Waals surface area (Å²) >= 11 is 1.35. The number of nitrogens with two attached hydrogens (primary N) is 1. The fourth-order valence-electron chi connectivity index (χ4n) is 1.77. The molecule has 0 fully saturated rings. The molecule has 2 N–H and O–H groups in total. The maximum Gasteiger partial charge on any atom is 0.180 e. The Bertz CT molecular complexity index is 553. The molecule has 2 aromatic rings. The van der Waals surface area contributed by atoms with Gasteiger partial charge in [0.25, 0.3) is 0 Å². The second kappa shape index (κ2) is 4.67. The Morgan fingerprint density at radius 2 is 2.18 bits per heavy atom. The summed E-state index contributed by atoms with van der Waals surface area (Å²) in [5, 5.41) is 3.10. The highest BCUT2D eigenvalue weighted by Crippen LogP contribution is 2.46. The van der Waals surface area contributed by atoms with Crippen LogP contribution in [0.15, 0.2) is 22.1 Å². The highest BCUT2D eigenvalue weighted by Gasteiger charge is 2.27. The molecule has 0 amide bonds. The van der Waals surface area contributed by atoms with Crippen LogP contribution in [0.1, 0.15) is 13.8 Å². The standard InChI is InChI=1S/C11H15N2O2PS/c1-3-16(14,4-2)9-5-6-15-10(9)8-7-17-11(12)13-8/h5-7H,3-4H2,1-2H3,(H2,12,13). The first kappa shape index (κ1) is 12.4. The lowest BCUT2D eigenvalue weighted by atomic mass is 10.4. The molecule has 4 nitrogen and oxygen atoms in total. The number of furan rings is 1. The van der Waals surface area contributed by atoms with Gasteiger partial charge in [-0.3, -0.25) is 0 Å². The summed E-state index contributed by atoms with van der Waals surface area (Å²) in [7, 11) is -2.35. The third-order valence-electron chi connectivity index (χ3n) is 2.86. The van der Waals surface area contributed by atoms with Crippen LogP contribution in [0.2, 0.25) is 0 Å². The SMILES string of the molecule is CCP(=O)(CC)c1ccoc1-c1csc(N)n1. The number of hydrogen-bond acceptors (Lipinski definition) is 5. The quantitative estimate of drug-likeness (QED) is 0.867. The van der Waals surface area contributed by atoms with Crippen LogP contribution in [0.25, 0.3) is 11.5 Å². The summed E-state index contributed by atoms with van der Waals surface area (Å²) in [6.45, 7) is 3.88. The Morgan fingerprint density at radius 1 is 1.47 bits per heavy atom. The number of hydrogen-bond donors (Lipinski definition) is 1. The summed E-state index contributed by atoms with van der Waals surface area (Å²) in [4.78, 5) is 4.18. The maximum absolute atomic E-state index is 12.7. The Kier molecular flexibility index (Phi) is 3.40. The van der Waals surface area contributed by atoms with Gasteiger partial charge in [0.1, 0.15) is 12.8 Å². The summed E-state index contributed by atoms with van der Waals surface area (Å²) in [6.07, 6.45) is 2.84. The van der Waals surface area contributed by atoms with Gasteiger partial charge in [-0.05, 0) is 6.07 Å². The zero-order valence-corrected chi connectivity index (χ0v) is 11.6. The minimum atomic E-state index is -2.35. The predicted octanol–water partition coefficient (Wildman–Crippen LogP) is 3.01. The van der Waals surface area contributed by atoms with Gasteiger partial charge in [0.2, 0.25) is 0 Å². The molecule has 17 heavy (non-hydrogen) atoms. The average molecular weight is 270 g/mol. The van der Waals surface area contributed by atoms with Crippen LogP contribution < -0.4 is 11.0 Å². The van der Waals surface area contributed by atoms with Crippen molar-refractivity contribution in [3.05, 3.63) is 17.7 Å². The number of thiazole rings is 1. The van der Waals surface area contributed by atoms with Crippen molar-refractivity contribution in [1.82, 2.24) is 4.98 Å². The van der Waals surface area contributed by atoms with Crippen LogP contribution in [0, 0.1) is 0 Å². The monoisotopic (exact) mass is 270 g/mol. The maximum atomic E-state index is 12.7. The Labute approximate surface area is 104 Å². The highest BCUT2D eigenvalue weighted by molar-refractivity contribution is 7.71. The molecule has 0 aliphatic heterocycles. The molecule has 0 atom stereocenters. The summed E-state index contributed by atoms with van der Waals surface area (Å²) in [5.41, 5.74) is 6.28. The number of rotatable bonds is 4. The fourth-order valence-corrected chi connectivity index (χ4v) is 4.31. The summed E-state index contributed by atoms with van der Waals surface area (Å²) in [6, 6.07) is 1.79. The topological polar surface area (TPSA) is 69.1 Å². The second-order valence-electron chi connectivity index (χ2n) is 3.73. The molecular weight excluding hydrogens is 255 g/mol. The van der Waals surface area contributed by atoms with E-state index in [4.69, 9.17) is 10.2 Å². The van der Waals surface area contributed by atoms with E-state index >= 15 is 0 Å². The molecule has 92 valence electrons. The van der Waals surface area contributed by atoms with Gasteiger partial charge in [-0.25, -0.2) is 4.98 Å². The number of nitrogens with zero attached hydrogens (tertiary/aromatic N) is 1. The second-order valence-corrected chi connectivity index (χ2v) is 8.14. The van der Waals surface area contributed by atoms with Gasteiger partial charge in [0.05, 0.1) is 11.6 Å². The first-order valence-corrected chi connectivity index (χ1v) is 8.44. The minimum Gasteiger partial charge on any atom is -0.462 e. The van der Waals surface area contributed by atoms with Gasteiger partial charge in [-0.1, -0.05) is 13.8 Å². The Morgan fingerprint density at radius 3 is 2.71 bits per heavy atom.